The van der Waals surface area contributed by atoms with Crippen molar-refractivity contribution in [2.45, 2.75) is 6.61 Å². The Labute approximate surface area is 160 Å². The second-order valence-electron chi connectivity index (χ2n) is 5.94. The zero-order valence-electron chi connectivity index (χ0n) is 14.6. The van der Waals surface area contributed by atoms with Crippen LogP contribution in [-0.2, 0) is 6.61 Å². The molecule has 0 spiro atoms. The maximum Gasteiger partial charge on any atom is 0.277 e. The summed E-state index contributed by atoms with van der Waals surface area (Å²) in [5.74, 6) is 1.80. The Morgan fingerprint density at radius 2 is 1.79 bits per heavy atom. The highest BCUT2D eigenvalue weighted by molar-refractivity contribution is 5.95. The molecule has 4 aromatic rings. The van der Waals surface area contributed by atoms with Gasteiger partial charge in [-0.25, -0.2) is 9.97 Å². The van der Waals surface area contributed by atoms with E-state index in [9.17, 15) is 10.1 Å². The molecule has 138 valence electrons. The van der Waals surface area contributed by atoms with Crippen LogP contribution in [0.15, 0.2) is 73.3 Å². The molecule has 0 aliphatic carbocycles. The highest BCUT2D eigenvalue weighted by Gasteiger charge is 2.14. The molecule has 0 aliphatic rings. The van der Waals surface area contributed by atoms with Gasteiger partial charge in [-0.2, -0.15) is 0 Å². The summed E-state index contributed by atoms with van der Waals surface area (Å²) in [7, 11) is 0. The third-order valence-corrected chi connectivity index (χ3v) is 4.10. The van der Waals surface area contributed by atoms with Gasteiger partial charge >= 0.3 is 0 Å². The first-order valence-corrected chi connectivity index (χ1v) is 8.47. The molecule has 2 aromatic heterocycles. The number of benzene rings is 2. The van der Waals surface area contributed by atoms with Gasteiger partial charge in [0, 0.05) is 30.0 Å². The number of hydrogen-bond acceptors (Lipinski definition) is 7. The smallest absolute Gasteiger partial charge is 0.277 e. The van der Waals surface area contributed by atoms with E-state index in [1.54, 1.807) is 43.0 Å². The minimum Gasteiger partial charge on any atom is -0.488 e. The zero-order chi connectivity index (χ0) is 19.3. The number of nitrogens with one attached hydrogen (secondary N) is 1. The Hall–Kier alpha value is -4.07. The average molecular weight is 373 g/mol. The molecule has 2 aromatic carbocycles. The van der Waals surface area contributed by atoms with Crippen molar-refractivity contribution in [1.29, 1.82) is 0 Å². The fraction of sp³-hybridized carbons (Fsp3) is 0.0500. The van der Waals surface area contributed by atoms with Crippen molar-refractivity contribution in [2.75, 3.05) is 5.32 Å². The molecule has 2 heterocycles. The summed E-state index contributed by atoms with van der Waals surface area (Å²) in [5.41, 5.74) is 0.950. The van der Waals surface area contributed by atoms with E-state index < -0.39 is 0 Å². The van der Waals surface area contributed by atoms with Gasteiger partial charge in [0.1, 0.15) is 24.0 Å². The van der Waals surface area contributed by atoms with Crippen LogP contribution in [0.2, 0.25) is 0 Å². The van der Waals surface area contributed by atoms with Gasteiger partial charge in [0.15, 0.2) is 0 Å². The van der Waals surface area contributed by atoms with Crippen molar-refractivity contribution in [3.63, 3.8) is 0 Å². The Morgan fingerprint density at radius 3 is 2.57 bits per heavy atom. The Kier molecular flexibility index (Phi) is 4.75. The zero-order valence-corrected chi connectivity index (χ0v) is 14.6. The number of pyridine rings is 1. The molecule has 0 amide bonds. The number of hydrogen-bond donors (Lipinski definition) is 1. The van der Waals surface area contributed by atoms with E-state index >= 15 is 0 Å². The van der Waals surface area contributed by atoms with Gasteiger partial charge in [0.2, 0.25) is 0 Å². The lowest BCUT2D eigenvalue weighted by molar-refractivity contribution is -0.383. The van der Waals surface area contributed by atoms with Crippen LogP contribution < -0.4 is 10.1 Å². The van der Waals surface area contributed by atoms with E-state index in [1.165, 1.54) is 6.07 Å². The number of nitro groups is 1. The van der Waals surface area contributed by atoms with Crippen molar-refractivity contribution < 1.29 is 9.66 Å². The van der Waals surface area contributed by atoms with Crippen LogP contribution in [0.5, 0.6) is 5.75 Å². The number of aromatic nitrogens is 3. The van der Waals surface area contributed by atoms with Crippen LogP contribution in [0.25, 0.3) is 10.8 Å². The van der Waals surface area contributed by atoms with Crippen LogP contribution in [-0.4, -0.2) is 19.9 Å². The van der Waals surface area contributed by atoms with Gasteiger partial charge in [-0.05, 0) is 29.8 Å². The quantitative estimate of drug-likeness (QED) is 0.398. The summed E-state index contributed by atoms with van der Waals surface area (Å²) in [6, 6.07) is 13.9. The van der Waals surface area contributed by atoms with Crippen molar-refractivity contribution in [3.8, 4) is 5.75 Å². The molecule has 0 radical (unpaired) electrons. The molecule has 0 saturated carbocycles. The summed E-state index contributed by atoms with van der Waals surface area (Å²) >= 11 is 0. The second-order valence-corrected chi connectivity index (χ2v) is 5.94. The average Bonchev–Trinajstić information content (AvgIpc) is 2.73. The van der Waals surface area contributed by atoms with Crippen molar-refractivity contribution in [1.82, 2.24) is 15.0 Å². The second kappa shape index (κ2) is 7.67. The standard InChI is InChI=1S/C20H15N5O3/c26-25(27)17-5-6-18(16-4-2-1-3-15(16)17)28-13-14-7-8-22-19(11-14)24-20-12-21-9-10-23-20/h1-12H,13H2,(H,22,23,24). The van der Waals surface area contributed by atoms with Gasteiger partial charge in [-0.3, -0.25) is 15.1 Å². The molecule has 0 fully saturated rings. The molecule has 0 unspecified atom stereocenters. The molecule has 8 nitrogen and oxygen atoms in total. The van der Waals surface area contributed by atoms with E-state index in [4.69, 9.17) is 4.74 Å². The van der Waals surface area contributed by atoms with Crippen LogP contribution in [0, 0.1) is 10.1 Å². The molecule has 4 rings (SSSR count). The molecular formula is C20H15N5O3. The van der Waals surface area contributed by atoms with Crippen molar-refractivity contribution in [3.05, 3.63) is 89.0 Å². The molecule has 8 heteroatoms. The number of rotatable bonds is 6. The van der Waals surface area contributed by atoms with Crippen molar-refractivity contribution >= 4 is 28.1 Å². The largest absolute Gasteiger partial charge is 0.488 e. The van der Waals surface area contributed by atoms with E-state index in [0.717, 1.165) is 5.56 Å². The number of nitro benzene ring substituents is 1. The minimum absolute atomic E-state index is 0.0577. The first kappa shape index (κ1) is 17.3. The van der Waals surface area contributed by atoms with Crippen molar-refractivity contribution in [2.24, 2.45) is 0 Å². The molecule has 0 bridgehead atoms. The summed E-state index contributed by atoms with van der Waals surface area (Å²) in [5, 5.41) is 15.6. The van der Waals surface area contributed by atoms with Crippen LogP contribution in [0.4, 0.5) is 17.3 Å². The SMILES string of the molecule is O=[N+]([O-])c1ccc(OCc2ccnc(Nc3cnccn3)c2)c2ccccc12. The molecule has 28 heavy (non-hydrogen) atoms. The summed E-state index contributed by atoms with van der Waals surface area (Å²) in [6.07, 6.45) is 6.46. The Bertz CT molecular complexity index is 1130. The maximum atomic E-state index is 11.2. The lowest BCUT2D eigenvalue weighted by atomic mass is 10.1. The normalized spacial score (nSPS) is 10.6. The summed E-state index contributed by atoms with van der Waals surface area (Å²) < 4.78 is 5.94. The molecule has 0 aliphatic heterocycles. The predicted octanol–water partition coefficient (Wildman–Crippen LogP) is 4.26. The van der Waals surface area contributed by atoms with Gasteiger partial charge in [-0.15, -0.1) is 0 Å². The summed E-state index contributed by atoms with van der Waals surface area (Å²) in [6.45, 7) is 0.291. The molecule has 1 N–H and O–H groups in total. The van der Waals surface area contributed by atoms with Crippen LogP contribution in [0.3, 0.4) is 0 Å². The number of nitrogens with zero attached hydrogens (tertiary/aromatic N) is 4. The molecule has 0 atom stereocenters. The molecular weight excluding hydrogens is 358 g/mol. The minimum atomic E-state index is -0.389. The third kappa shape index (κ3) is 3.70. The van der Waals surface area contributed by atoms with E-state index in [1.807, 2.05) is 24.3 Å². The van der Waals surface area contributed by atoms with Gasteiger partial charge < -0.3 is 10.1 Å². The van der Waals surface area contributed by atoms with E-state index in [0.29, 0.717) is 34.8 Å². The predicted molar refractivity (Wildman–Crippen MR) is 104 cm³/mol. The Morgan fingerprint density at radius 1 is 0.964 bits per heavy atom. The lowest BCUT2D eigenvalue weighted by Crippen LogP contribution is -2.00. The monoisotopic (exact) mass is 373 g/mol. The van der Waals surface area contributed by atoms with Gasteiger partial charge in [0.25, 0.3) is 5.69 Å². The fourth-order valence-electron chi connectivity index (χ4n) is 2.83. The highest BCUT2D eigenvalue weighted by Crippen LogP contribution is 2.33. The Balaban J connectivity index is 1.54. The molecule has 0 saturated heterocycles. The first-order valence-electron chi connectivity index (χ1n) is 8.47. The number of fused-ring (bicyclic) bond motifs is 1. The number of non-ortho nitro benzene ring substituents is 1. The fourth-order valence-corrected chi connectivity index (χ4v) is 2.83. The lowest BCUT2D eigenvalue weighted by Gasteiger charge is -2.11. The van der Waals surface area contributed by atoms with Crippen LogP contribution >= 0.6 is 0 Å². The highest BCUT2D eigenvalue weighted by atomic mass is 16.6. The number of anilines is 2. The van der Waals surface area contributed by atoms with E-state index in [-0.39, 0.29) is 10.6 Å². The van der Waals surface area contributed by atoms with Gasteiger partial charge in [-0.1, -0.05) is 18.2 Å². The van der Waals surface area contributed by atoms with Gasteiger partial charge in [0.05, 0.1) is 16.5 Å². The number of ether oxygens (including phenoxy) is 1. The van der Waals surface area contributed by atoms with Crippen LogP contribution in [0.1, 0.15) is 5.56 Å². The first-order chi connectivity index (χ1) is 13.7. The third-order valence-electron chi connectivity index (χ3n) is 4.10. The maximum absolute atomic E-state index is 11.2. The topological polar surface area (TPSA) is 103 Å². The summed E-state index contributed by atoms with van der Waals surface area (Å²) in [4.78, 5) is 23.3. The van der Waals surface area contributed by atoms with E-state index in [2.05, 4.69) is 20.3 Å².